The van der Waals surface area contributed by atoms with Gasteiger partial charge in [-0.05, 0) is 64.9 Å². The highest BCUT2D eigenvalue weighted by atomic mass is 32.2. The number of H-pyrrole nitrogens is 1. The molecule has 0 bridgehead atoms. The summed E-state index contributed by atoms with van der Waals surface area (Å²) in [6, 6.07) is 13.0. The number of nitrogens with one attached hydrogen (secondary N) is 2. The molecule has 2 aromatic carbocycles. The third-order valence-electron chi connectivity index (χ3n) is 4.38. The summed E-state index contributed by atoms with van der Waals surface area (Å²) < 4.78 is 11.6. The van der Waals surface area contributed by atoms with Crippen LogP contribution in [0.25, 0.3) is 5.69 Å². The van der Waals surface area contributed by atoms with E-state index in [0.717, 1.165) is 22.5 Å². The van der Waals surface area contributed by atoms with Crippen molar-refractivity contribution in [1.29, 1.82) is 0 Å². The Bertz CT molecular complexity index is 1020. The van der Waals surface area contributed by atoms with Gasteiger partial charge in [0.2, 0.25) is 11.6 Å². The second-order valence-corrected chi connectivity index (χ2v) is 7.30. The summed E-state index contributed by atoms with van der Waals surface area (Å²) in [7, 11) is 1.59. The molecule has 28 heavy (non-hydrogen) atoms. The minimum absolute atomic E-state index is 0.0999. The largest absolute Gasteiger partial charge is 0.497 e. The highest BCUT2D eigenvalue weighted by Crippen LogP contribution is 2.19. The minimum atomic E-state index is -0.476. The van der Waals surface area contributed by atoms with E-state index in [1.807, 2.05) is 44.2 Å². The van der Waals surface area contributed by atoms with Gasteiger partial charge in [-0.25, -0.2) is 4.79 Å². The van der Waals surface area contributed by atoms with Gasteiger partial charge in [0, 0.05) is 30.0 Å². The van der Waals surface area contributed by atoms with E-state index in [-0.39, 0.29) is 12.3 Å². The van der Waals surface area contributed by atoms with Gasteiger partial charge in [0.25, 0.3) is 0 Å². The molecule has 2 N–H and O–H groups in total. The van der Waals surface area contributed by atoms with E-state index in [2.05, 4.69) is 10.6 Å². The maximum absolute atomic E-state index is 12.3. The number of hydrogen-bond donors (Lipinski definition) is 2. The number of aromatic nitrogens is 2. The van der Waals surface area contributed by atoms with Crippen LogP contribution in [-0.2, 0) is 4.79 Å². The lowest BCUT2D eigenvalue weighted by atomic mass is 10.1. The molecule has 0 aliphatic carbocycles. The first-order chi connectivity index (χ1) is 13.5. The maximum Gasteiger partial charge on any atom is 0.442 e. The van der Waals surface area contributed by atoms with Crippen LogP contribution in [0.1, 0.15) is 17.5 Å². The summed E-state index contributed by atoms with van der Waals surface area (Å²) in [6.07, 6.45) is 0.269. The summed E-state index contributed by atoms with van der Waals surface area (Å²) in [5.41, 5.74) is 3.24. The number of nitrogens with zero attached hydrogens (tertiary/aromatic N) is 1. The number of anilines is 1. The molecule has 0 saturated heterocycles. The number of hydrogen-bond acceptors (Lipinski definition) is 5. The Hall–Kier alpha value is -3.00. The molecule has 0 saturated carbocycles. The van der Waals surface area contributed by atoms with Gasteiger partial charge < -0.3 is 10.1 Å². The quantitative estimate of drug-likeness (QED) is 0.470. The monoisotopic (exact) mass is 400 g/mol. The summed E-state index contributed by atoms with van der Waals surface area (Å²) in [4.78, 5) is 24.3. The Balaban J connectivity index is 1.63. The Morgan fingerprint density at radius 1 is 1.21 bits per heavy atom. The molecule has 0 fully saturated rings. The van der Waals surface area contributed by atoms with E-state index in [1.165, 1.54) is 11.8 Å². The topological polar surface area (TPSA) is 88.2 Å². The number of carbonyl (C=O) groups is 1. The zero-order valence-electron chi connectivity index (χ0n) is 15.9. The molecule has 0 atom stereocenters. The third kappa shape index (κ3) is 4.45. The van der Waals surface area contributed by atoms with Crippen LogP contribution >= 0.6 is 11.8 Å². The normalized spacial score (nSPS) is 10.7. The molecule has 3 rings (SSSR count). The van der Waals surface area contributed by atoms with Gasteiger partial charge in [-0.3, -0.25) is 9.32 Å². The number of methoxy groups -OCH3 is 1. The number of ether oxygens (including phenoxy) is 1. The summed E-state index contributed by atoms with van der Waals surface area (Å²) in [5, 5.41) is 5.89. The molecule has 0 aliphatic heterocycles. The van der Waals surface area contributed by atoms with Crippen LogP contribution in [0.5, 0.6) is 5.75 Å². The predicted octanol–water partition coefficient (Wildman–Crippen LogP) is 2.99. The van der Waals surface area contributed by atoms with Gasteiger partial charge in [0.1, 0.15) is 5.75 Å². The van der Waals surface area contributed by atoms with Crippen LogP contribution in [0.15, 0.2) is 56.8 Å². The summed E-state index contributed by atoms with van der Waals surface area (Å²) >= 11 is 1.26. The van der Waals surface area contributed by atoms with Crippen LogP contribution in [0.4, 0.5) is 5.69 Å². The third-order valence-corrected chi connectivity index (χ3v) is 5.42. The van der Waals surface area contributed by atoms with E-state index in [0.29, 0.717) is 16.5 Å². The first-order valence-corrected chi connectivity index (χ1v) is 9.75. The SMILES string of the molecule is COc1ccc(-[n+]2[nH]oc(=O)c2SCCC(=O)Nc2cccc(C)c2C)cc1. The lowest BCUT2D eigenvalue weighted by molar-refractivity contribution is -0.704. The Kier molecular flexibility index (Phi) is 6.20. The number of benzene rings is 2. The zero-order valence-corrected chi connectivity index (χ0v) is 16.8. The molecule has 1 aromatic heterocycles. The lowest BCUT2D eigenvalue weighted by Gasteiger charge is -2.09. The summed E-state index contributed by atoms with van der Waals surface area (Å²) in [6.45, 7) is 3.98. The molecule has 3 aromatic rings. The number of thioether (sulfide) groups is 1. The highest BCUT2D eigenvalue weighted by molar-refractivity contribution is 7.99. The van der Waals surface area contributed by atoms with Gasteiger partial charge in [-0.15, -0.1) is 0 Å². The first kappa shape index (κ1) is 19.8. The van der Waals surface area contributed by atoms with Crippen LogP contribution < -0.4 is 20.4 Å². The molecule has 0 radical (unpaired) electrons. The highest BCUT2D eigenvalue weighted by Gasteiger charge is 2.24. The second-order valence-electron chi connectivity index (χ2n) is 6.21. The van der Waals surface area contributed by atoms with Crippen molar-refractivity contribution in [3.8, 4) is 11.4 Å². The molecular formula is C20H22N3O4S+. The van der Waals surface area contributed by atoms with Crippen molar-refractivity contribution < 1.29 is 18.7 Å². The number of aromatic amines is 1. The van der Waals surface area contributed by atoms with Crippen molar-refractivity contribution >= 4 is 23.4 Å². The van der Waals surface area contributed by atoms with Crippen molar-refractivity contribution in [3.05, 3.63) is 64.0 Å². The van der Waals surface area contributed by atoms with Crippen molar-refractivity contribution in [2.45, 2.75) is 25.3 Å². The molecule has 1 amide bonds. The fourth-order valence-electron chi connectivity index (χ4n) is 2.63. The van der Waals surface area contributed by atoms with Gasteiger partial charge in [-0.1, -0.05) is 12.1 Å². The fourth-order valence-corrected chi connectivity index (χ4v) is 3.54. The molecular weight excluding hydrogens is 378 g/mol. The molecule has 7 nitrogen and oxygen atoms in total. The lowest BCUT2D eigenvalue weighted by Crippen LogP contribution is -2.36. The van der Waals surface area contributed by atoms with E-state index in [4.69, 9.17) is 9.26 Å². The Labute approximate surface area is 166 Å². The average molecular weight is 400 g/mol. The van der Waals surface area contributed by atoms with Gasteiger partial charge >= 0.3 is 10.7 Å². The van der Waals surface area contributed by atoms with E-state index in [1.54, 1.807) is 23.9 Å². The average Bonchev–Trinajstić information content (AvgIpc) is 3.06. The predicted molar refractivity (Wildman–Crippen MR) is 107 cm³/mol. The summed E-state index contributed by atoms with van der Waals surface area (Å²) in [5.74, 6) is 1.06. The van der Waals surface area contributed by atoms with Gasteiger partial charge in [0.15, 0.2) is 0 Å². The Morgan fingerprint density at radius 3 is 2.68 bits per heavy atom. The minimum Gasteiger partial charge on any atom is -0.497 e. The van der Waals surface area contributed by atoms with Gasteiger partial charge in [0.05, 0.1) is 7.11 Å². The van der Waals surface area contributed by atoms with Crippen molar-refractivity contribution in [2.75, 3.05) is 18.2 Å². The standard InChI is InChI=1S/C20H21N3O4S/c1-13-5-4-6-17(14(13)2)21-18(24)11-12-28-19-20(25)27-22-23(19)15-7-9-16(26-3)10-8-15/h4-10H,11-12H2,1-3H3,(H-,21,22,24,25)/p+1. The molecule has 1 heterocycles. The van der Waals surface area contributed by atoms with Gasteiger partial charge in [-0.2, -0.15) is 0 Å². The smallest absolute Gasteiger partial charge is 0.442 e. The fraction of sp³-hybridized carbons (Fsp3) is 0.250. The molecule has 8 heteroatoms. The van der Waals surface area contributed by atoms with E-state index >= 15 is 0 Å². The molecule has 146 valence electrons. The Morgan fingerprint density at radius 2 is 1.96 bits per heavy atom. The second kappa shape index (κ2) is 8.79. The van der Waals surface area contributed by atoms with E-state index in [9.17, 15) is 9.59 Å². The molecule has 0 aliphatic rings. The van der Waals surface area contributed by atoms with Crippen molar-refractivity contribution in [1.82, 2.24) is 5.27 Å². The van der Waals surface area contributed by atoms with E-state index < -0.39 is 5.63 Å². The molecule has 0 unspecified atom stereocenters. The first-order valence-electron chi connectivity index (χ1n) is 8.76. The molecule has 0 spiro atoms. The van der Waals surface area contributed by atoms with Crippen molar-refractivity contribution in [3.63, 3.8) is 0 Å². The van der Waals surface area contributed by atoms with Crippen LogP contribution in [0.2, 0.25) is 0 Å². The zero-order chi connectivity index (χ0) is 20.1. The van der Waals surface area contributed by atoms with Crippen LogP contribution in [0.3, 0.4) is 0 Å². The van der Waals surface area contributed by atoms with Crippen LogP contribution in [-0.4, -0.2) is 24.0 Å². The number of amides is 1. The number of aryl methyl sites for hydroxylation is 1. The number of carbonyl (C=O) groups excluding carboxylic acids is 1. The van der Waals surface area contributed by atoms with Crippen LogP contribution in [0, 0.1) is 13.8 Å². The maximum atomic E-state index is 12.3. The van der Waals surface area contributed by atoms with Crippen molar-refractivity contribution in [2.24, 2.45) is 0 Å². The number of rotatable bonds is 7.